The van der Waals surface area contributed by atoms with Gasteiger partial charge in [0.25, 0.3) is 10.1 Å². The molecule has 0 atom stereocenters. The van der Waals surface area contributed by atoms with Crippen molar-refractivity contribution in [2.24, 2.45) is 0 Å². The predicted molar refractivity (Wildman–Crippen MR) is 119 cm³/mol. The Kier molecular flexibility index (Phi) is 15.8. The molecule has 0 heterocycles. The molecule has 2 aromatic carbocycles. The van der Waals surface area contributed by atoms with Gasteiger partial charge in [0.05, 0.1) is 54.7 Å². The first-order valence-corrected chi connectivity index (χ1v) is 12.3. The van der Waals surface area contributed by atoms with E-state index in [0.29, 0.717) is 0 Å². The van der Waals surface area contributed by atoms with Crippen molar-refractivity contribution in [1.29, 1.82) is 0 Å². The zero-order valence-electron chi connectivity index (χ0n) is 20.2. The van der Waals surface area contributed by atoms with E-state index >= 15 is 0 Å². The molecule has 0 aromatic heterocycles. The Hall–Kier alpha value is -2.86. The zero-order chi connectivity index (χ0) is 28.3. The van der Waals surface area contributed by atoms with Crippen molar-refractivity contribution < 1.29 is 94.0 Å². The van der Waals surface area contributed by atoms with Gasteiger partial charge in [-0.25, -0.2) is 27.6 Å². The number of carbonyl (C=O) groups excluding carboxylic acids is 2. The number of esters is 2. The molecule has 0 aliphatic rings. The van der Waals surface area contributed by atoms with E-state index in [1.165, 1.54) is 18.2 Å². The van der Waals surface area contributed by atoms with Crippen LogP contribution >= 0.6 is 0 Å². The van der Waals surface area contributed by atoms with E-state index < -0.39 is 49.0 Å². The Balaban J connectivity index is 0. The molecule has 2 rings (SSSR count). The van der Waals surface area contributed by atoms with Gasteiger partial charge in [-0.3, -0.25) is 4.18 Å². The minimum Gasteiger partial charge on any atom is -0.744 e. The second-order valence-corrected chi connectivity index (χ2v) is 9.37. The van der Waals surface area contributed by atoms with Crippen LogP contribution in [0.15, 0.2) is 47.4 Å². The van der Waals surface area contributed by atoms with Crippen LogP contribution in [0.25, 0.3) is 0 Å². The van der Waals surface area contributed by atoms with Crippen molar-refractivity contribution in [1.82, 2.24) is 0 Å². The molecule has 0 spiro atoms. The fourth-order valence-electron chi connectivity index (χ4n) is 2.00. The average molecular weight is 572 g/mol. The molecule has 0 aliphatic heterocycles. The van der Waals surface area contributed by atoms with Crippen molar-refractivity contribution in [3.63, 3.8) is 0 Å². The first kappa shape index (κ1) is 36.3. The summed E-state index contributed by atoms with van der Waals surface area (Å²) in [6.45, 7) is 0. The number of hydrogen-bond donors (Lipinski definition) is 2. The molecule has 0 bridgehead atoms. The third-order valence-electron chi connectivity index (χ3n) is 3.70. The van der Waals surface area contributed by atoms with E-state index in [1.54, 1.807) is 0 Å². The molecule has 0 saturated heterocycles. The summed E-state index contributed by atoms with van der Waals surface area (Å²) in [4.78, 5) is 42.6. The second kappa shape index (κ2) is 16.1. The van der Waals surface area contributed by atoms with Crippen LogP contribution in [0.2, 0.25) is 0 Å². The SMILES string of the molecule is COC(=O)c1cc(C(=O)OC)cc(S(=O)(=O)[O-])c1.COS(C)(=O)=O.O=C(O)c1cccc(C(=O)O)c1.[Na+]. The van der Waals surface area contributed by atoms with E-state index in [0.717, 1.165) is 51.9 Å². The minimum atomic E-state index is -4.80. The minimum absolute atomic E-state index is 0. The number of carboxylic acids is 2. The number of carbonyl (C=O) groups is 4. The first-order chi connectivity index (χ1) is 16.5. The summed E-state index contributed by atoms with van der Waals surface area (Å²) in [5.41, 5.74) is -0.491. The van der Waals surface area contributed by atoms with Crippen molar-refractivity contribution in [3.05, 3.63) is 64.7 Å². The molecule has 37 heavy (non-hydrogen) atoms. The monoisotopic (exact) mass is 572 g/mol. The van der Waals surface area contributed by atoms with Crippen LogP contribution in [-0.2, 0) is 33.9 Å². The van der Waals surface area contributed by atoms with Crippen molar-refractivity contribution in [2.45, 2.75) is 4.90 Å². The van der Waals surface area contributed by atoms with Gasteiger partial charge in [0.1, 0.15) is 10.1 Å². The first-order valence-electron chi connectivity index (χ1n) is 9.06. The van der Waals surface area contributed by atoms with Gasteiger partial charge in [-0.1, -0.05) is 6.07 Å². The second-order valence-electron chi connectivity index (χ2n) is 6.25. The Morgan fingerprint density at radius 3 is 1.30 bits per heavy atom. The average Bonchev–Trinajstić information content (AvgIpc) is 2.82. The normalized spacial score (nSPS) is 10.2. The third-order valence-corrected chi connectivity index (χ3v) is 5.12. The predicted octanol–water partition coefficient (Wildman–Crippen LogP) is -2.16. The molecule has 2 N–H and O–H groups in total. The van der Waals surface area contributed by atoms with Crippen molar-refractivity contribution >= 4 is 44.1 Å². The van der Waals surface area contributed by atoms with Crippen LogP contribution in [0.3, 0.4) is 0 Å². The Morgan fingerprint density at radius 1 is 0.730 bits per heavy atom. The van der Waals surface area contributed by atoms with Gasteiger partial charge >= 0.3 is 53.4 Å². The number of hydrogen-bond acceptors (Lipinski definition) is 12. The topological polar surface area (TPSA) is 228 Å². The van der Waals surface area contributed by atoms with Crippen LogP contribution in [0.1, 0.15) is 41.4 Å². The van der Waals surface area contributed by atoms with Crippen LogP contribution < -0.4 is 29.6 Å². The van der Waals surface area contributed by atoms with Crippen LogP contribution in [0, 0.1) is 0 Å². The fourth-order valence-corrected chi connectivity index (χ4v) is 2.54. The molecule has 0 aliphatic carbocycles. The molecular formula is C20H21NaO14S2. The molecule has 14 nitrogen and oxygen atoms in total. The van der Waals surface area contributed by atoms with E-state index in [4.69, 9.17) is 10.2 Å². The van der Waals surface area contributed by atoms with E-state index in [1.807, 2.05) is 0 Å². The standard InChI is InChI=1S/C10H10O7S.C8H6O4.C2H6O3S.Na/c1-16-9(11)6-3-7(10(12)17-2)5-8(4-6)18(13,14)15;9-7(10)5-2-1-3-6(4-5)8(11)12;1-5-6(2,3)4;/h3-5H,1-2H3,(H,13,14,15);1-4H,(H,9,10)(H,11,12);1-2H3;/q;;;+1/p-1. The maximum atomic E-state index is 11.3. The van der Waals surface area contributed by atoms with E-state index in [9.17, 15) is 40.6 Å². The number of carboxylic acid groups (broad SMARTS) is 2. The number of benzene rings is 2. The Morgan fingerprint density at radius 2 is 1.05 bits per heavy atom. The summed E-state index contributed by atoms with van der Waals surface area (Å²) >= 11 is 0. The maximum Gasteiger partial charge on any atom is 1.00 e. The molecular weight excluding hydrogens is 551 g/mol. The maximum absolute atomic E-state index is 11.3. The summed E-state index contributed by atoms with van der Waals surface area (Å²) in [6, 6.07) is 7.94. The van der Waals surface area contributed by atoms with Gasteiger partial charge in [-0.2, -0.15) is 8.42 Å². The van der Waals surface area contributed by atoms with Crippen LogP contribution in [0.5, 0.6) is 0 Å². The molecule has 2 aromatic rings. The number of methoxy groups -OCH3 is 2. The number of aromatic carboxylic acids is 2. The molecule has 198 valence electrons. The Bertz CT molecular complexity index is 1270. The summed E-state index contributed by atoms with van der Waals surface area (Å²) < 4.78 is 64.9. The van der Waals surface area contributed by atoms with Gasteiger partial charge < -0.3 is 24.2 Å². The largest absolute Gasteiger partial charge is 1.00 e. The van der Waals surface area contributed by atoms with Gasteiger partial charge in [-0.15, -0.1) is 0 Å². The van der Waals surface area contributed by atoms with E-state index in [2.05, 4.69) is 13.7 Å². The fraction of sp³-hybridized carbons (Fsp3) is 0.200. The number of ether oxygens (including phenoxy) is 2. The van der Waals surface area contributed by atoms with Crippen molar-refractivity contribution in [3.8, 4) is 0 Å². The summed E-state index contributed by atoms with van der Waals surface area (Å²) in [7, 11) is -4.67. The van der Waals surface area contributed by atoms with Gasteiger partial charge in [-0.05, 0) is 36.4 Å². The number of rotatable bonds is 6. The summed E-state index contributed by atoms with van der Waals surface area (Å²) in [5.74, 6) is -3.99. The van der Waals surface area contributed by atoms with Gasteiger partial charge in [0.2, 0.25) is 0 Å². The van der Waals surface area contributed by atoms with Gasteiger partial charge in [0, 0.05) is 0 Å². The quantitative estimate of drug-likeness (QED) is 0.163. The van der Waals surface area contributed by atoms with Gasteiger partial charge in [0.15, 0.2) is 0 Å². The summed E-state index contributed by atoms with van der Waals surface area (Å²) in [6.07, 6.45) is 0.993. The van der Waals surface area contributed by atoms with E-state index in [-0.39, 0.29) is 51.8 Å². The molecule has 17 heteroatoms. The smallest absolute Gasteiger partial charge is 0.744 e. The molecule has 0 fully saturated rings. The summed E-state index contributed by atoms with van der Waals surface area (Å²) in [5, 5.41) is 17.0. The Labute approximate surface area is 234 Å². The molecule has 0 saturated carbocycles. The van der Waals surface area contributed by atoms with Crippen LogP contribution in [0.4, 0.5) is 0 Å². The molecule has 0 amide bonds. The zero-order valence-corrected chi connectivity index (χ0v) is 23.8. The third kappa shape index (κ3) is 13.9. The molecule has 0 unspecified atom stereocenters. The van der Waals surface area contributed by atoms with Crippen LogP contribution in [-0.4, -0.2) is 83.1 Å². The molecule has 0 radical (unpaired) electrons. The van der Waals surface area contributed by atoms with Crippen molar-refractivity contribution in [2.75, 3.05) is 27.6 Å².